The van der Waals surface area contributed by atoms with Crippen molar-refractivity contribution in [3.05, 3.63) is 29.8 Å². The zero-order chi connectivity index (χ0) is 15.2. The van der Waals surface area contributed by atoms with Gasteiger partial charge in [0.1, 0.15) is 0 Å². The third-order valence-electron chi connectivity index (χ3n) is 3.61. The normalized spacial score (nSPS) is 16.3. The number of anilines is 1. The highest BCUT2D eigenvalue weighted by Crippen LogP contribution is 2.16. The minimum absolute atomic E-state index is 0.0980. The molecule has 114 valence electrons. The highest BCUT2D eigenvalue weighted by atomic mass is 16.4. The average Bonchev–Trinajstić information content (AvgIpc) is 2.65. The molecule has 1 aromatic rings. The maximum absolute atomic E-state index is 12.3. The number of nitrogens with zero attached hydrogens (tertiary/aromatic N) is 2. The first-order valence-electron chi connectivity index (χ1n) is 7.10. The molecule has 0 aliphatic carbocycles. The van der Waals surface area contributed by atoms with Crippen molar-refractivity contribution in [2.24, 2.45) is 0 Å². The predicted molar refractivity (Wildman–Crippen MR) is 80.5 cm³/mol. The van der Waals surface area contributed by atoms with Crippen LogP contribution in [0.25, 0.3) is 0 Å². The van der Waals surface area contributed by atoms with Gasteiger partial charge in [0, 0.05) is 25.3 Å². The molecule has 1 aliphatic heterocycles. The molecular weight excluding hydrogens is 270 g/mol. The van der Waals surface area contributed by atoms with Gasteiger partial charge in [0.25, 0.3) is 0 Å². The van der Waals surface area contributed by atoms with E-state index in [1.807, 2.05) is 7.05 Å². The number of likely N-dealkylation sites (N-methyl/N-ethyl adjacent to an activating group) is 1. The van der Waals surface area contributed by atoms with E-state index < -0.39 is 5.97 Å². The van der Waals surface area contributed by atoms with Crippen LogP contribution in [-0.2, 0) is 11.2 Å². The molecular formula is C15H21N3O3. The summed E-state index contributed by atoms with van der Waals surface area (Å²) >= 11 is 0. The molecule has 0 aromatic heterocycles. The quantitative estimate of drug-likeness (QED) is 0.885. The van der Waals surface area contributed by atoms with Gasteiger partial charge in [-0.3, -0.25) is 4.79 Å². The highest BCUT2D eigenvalue weighted by molar-refractivity contribution is 5.91. The minimum Gasteiger partial charge on any atom is -0.481 e. The summed E-state index contributed by atoms with van der Waals surface area (Å²) in [4.78, 5) is 27.2. The maximum atomic E-state index is 12.3. The summed E-state index contributed by atoms with van der Waals surface area (Å²) in [5.74, 6) is -0.909. The van der Waals surface area contributed by atoms with Crippen molar-refractivity contribution in [2.45, 2.75) is 12.8 Å². The van der Waals surface area contributed by atoms with Gasteiger partial charge in [-0.25, -0.2) is 4.79 Å². The monoisotopic (exact) mass is 291 g/mol. The van der Waals surface area contributed by atoms with Crippen LogP contribution in [0.5, 0.6) is 0 Å². The minimum atomic E-state index is -0.909. The van der Waals surface area contributed by atoms with E-state index in [1.165, 1.54) is 0 Å². The lowest BCUT2D eigenvalue weighted by Gasteiger charge is -2.21. The first kappa shape index (κ1) is 15.3. The van der Waals surface area contributed by atoms with Crippen LogP contribution in [0, 0.1) is 0 Å². The van der Waals surface area contributed by atoms with E-state index in [2.05, 4.69) is 10.2 Å². The SMILES string of the molecule is CN1CCCN(C(=O)Nc2ccccc2CC(=O)O)CC1. The van der Waals surface area contributed by atoms with E-state index in [4.69, 9.17) is 5.11 Å². The third-order valence-corrected chi connectivity index (χ3v) is 3.61. The first-order valence-corrected chi connectivity index (χ1v) is 7.10. The number of hydrogen-bond acceptors (Lipinski definition) is 3. The van der Waals surface area contributed by atoms with Crippen LogP contribution in [0.15, 0.2) is 24.3 Å². The number of carboxylic acid groups (broad SMARTS) is 1. The number of aliphatic carboxylic acids is 1. The average molecular weight is 291 g/mol. The molecule has 1 fully saturated rings. The fourth-order valence-corrected chi connectivity index (χ4v) is 2.40. The Bertz CT molecular complexity index is 519. The highest BCUT2D eigenvalue weighted by Gasteiger charge is 2.18. The molecule has 21 heavy (non-hydrogen) atoms. The number of para-hydroxylation sites is 1. The van der Waals surface area contributed by atoms with E-state index >= 15 is 0 Å². The van der Waals surface area contributed by atoms with E-state index in [1.54, 1.807) is 29.2 Å². The molecule has 6 nitrogen and oxygen atoms in total. The van der Waals surface area contributed by atoms with Crippen LogP contribution in [-0.4, -0.2) is 60.1 Å². The van der Waals surface area contributed by atoms with Gasteiger partial charge >= 0.3 is 12.0 Å². The summed E-state index contributed by atoms with van der Waals surface area (Å²) in [7, 11) is 2.05. The Kier molecular flexibility index (Phi) is 5.16. The van der Waals surface area contributed by atoms with Gasteiger partial charge in [-0.15, -0.1) is 0 Å². The number of amides is 2. The fraction of sp³-hybridized carbons (Fsp3) is 0.467. The molecule has 2 N–H and O–H groups in total. The van der Waals surface area contributed by atoms with Crippen molar-refractivity contribution in [3.8, 4) is 0 Å². The summed E-state index contributed by atoms with van der Waals surface area (Å²) < 4.78 is 0. The van der Waals surface area contributed by atoms with Gasteiger partial charge < -0.3 is 20.2 Å². The van der Waals surface area contributed by atoms with Gasteiger partial charge in [0.05, 0.1) is 6.42 Å². The van der Waals surface area contributed by atoms with Crippen LogP contribution in [0.1, 0.15) is 12.0 Å². The number of carboxylic acids is 1. The Morgan fingerprint density at radius 2 is 1.95 bits per heavy atom. The maximum Gasteiger partial charge on any atom is 0.321 e. The molecule has 0 atom stereocenters. The third kappa shape index (κ3) is 4.46. The molecule has 0 radical (unpaired) electrons. The second kappa shape index (κ2) is 7.08. The summed E-state index contributed by atoms with van der Waals surface area (Å²) in [6, 6.07) is 6.86. The van der Waals surface area contributed by atoms with Gasteiger partial charge in [-0.1, -0.05) is 18.2 Å². The fourth-order valence-electron chi connectivity index (χ4n) is 2.40. The van der Waals surface area contributed by atoms with E-state index in [-0.39, 0.29) is 12.5 Å². The van der Waals surface area contributed by atoms with E-state index in [0.29, 0.717) is 17.8 Å². The molecule has 0 saturated carbocycles. The van der Waals surface area contributed by atoms with Crippen molar-refractivity contribution in [2.75, 3.05) is 38.5 Å². The Hall–Kier alpha value is -2.08. The van der Waals surface area contributed by atoms with Crippen LogP contribution < -0.4 is 5.32 Å². The summed E-state index contributed by atoms with van der Waals surface area (Å²) in [6.45, 7) is 3.24. The number of urea groups is 1. The summed E-state index contributed by atoms with van der Waals surface area (Å²) in [6.07, 6.45) is 0.847. The lowest BCUT2D eigenvalue weighted by molar-refractivity contribution is -0.136. The lowest BCUT2D eigenvalue weighted by Crippen LogP contribution is -2.37. The van der Waals surface area contributed by atoms with Gasteiger partial charge in [-0.2, -0.15) is 0 Å². The van der Waals surface area contributed by atoms with E-state index in [9.17, 15) is 9.59 Å². The van der Waals surface area contributed by atoms with Crippen LogP contribution in [0.2, 0.25) is 0 Å². The molecule has 0 unspecified atom stereocenters. The summed E-state index contributed by atoms with van der Waals surface area (Å²) in [5.41, 5.74) is 1.19. The number of nitrogens with one attached hydrogen (secondary N) is 1. The smallest absolute Gasteiger partial charge is 0.321 e. The molecule has 6 heteroatoms. The molecule has 1 saturated heterocycles. The molecule has 0 bridgehead atoms. The van der Waals surface area contributed by atoms with Gasteiger partial charge in [0.2, 0.25) is 0 Å². The lowest BCUT2D eigenvalue weighted by atomic mass is 10.1. The zero-order valence-corrected chi connectivity index (χ0v) is 12.2. The standard InChI is InChI=1S/C15H21N3O3/c1-17-7-4-8-18(10-9-17)15(21)16-13-6-3-2-5-12(13)11-14(19)20/h2-3,5-6H,4,7-11H2,1H3,(H,16,21)(H,19,20). The van der Waals surface area contributed by atoms with Crippen LogP contribution in [0.3, 0.4) is 0 Å². The van der Waals surface area contributed by atoms with Gasteiger partial charge in [0.15, 0.2) is 0 Å². The zero-order valence-electron chi connectivity index (χ0n) is 12.2. The number of carbonyl (C=O) groups excluding carboxylic acids is 1. The van der Waals surface area contributed by atoms with Crippen molar-refractivity contribution in [1.82, 2.24) is 9.80 Å². The molecule has 2 amide bonds. The Labute approximate surface area is 124 Å². The largest absolute Gasteiger partial charge is 0.481 e. The second-order valence-electron chi connectivity index (χ2n) is 5.30. The molecule has 1 aromatic carbocycles. The number of carbonyl (C=O) groups is 2. The molecule has 0 spiro atoms. The van der Waals surface area contributed by atoms with Crippen molar-refractivity contribution >= 4 is 17.7 Å². The van der Waals surface area contributed by atoms with Crippen molar-refractivity contribution < 1.29 is 14.7 Å². The summed E-state index contributed by atoms with van der Waals surface area (Å²) in [5, 5.41) is 11.7. The molecule has 2 rings (SSSR count). The van der Waals surface area contributed by atoms with Crippen molar-refractivity contribution in [3.63, 3.8) is 0 Å². The number of rotatable bonds is 3. The topological polar surface area (TPSA) is 72.9 Å². The Balaban J connectivity index is 2.03. The predicted octanol–water partition coefficient (Wildman–Crippen LogP) is 1.48. The van der Waals surface area contributed by atoms with Crippen LogP contribution >= 0.6 is 0 Å². The molecule has 1 heterocycles. The second-order valence-corrected chi connectivity index (χ2v) is 5.30. The van der Waals surface area contributed by atoms with Crippen molar-refractivity contribution in [1.29, 1.82) is 0 Å². The number of benzene rings is 1. The Morgan fingerprint density at radius 1 is 1.19 bits per heavy atom. The number of hydrogen-bond donors (Lipinski definition) is 2. The first-order chi connectivity index (χ1) is 10.1. The molecule has 1 aliphatic rings. The van der Waals surface area contributed by atoms with E-state index in [0.717, 1.165) is 26.1 Å². The Morgan fingerprint density at radius 3 is 2.71 bits per heavy atom. The van der Waals surface area contributed by atoms with Gasteiger partial charge in [-0.05, 0) is 31.6 Å². The van der Waals surface area contributed by atoms with Crippen LogP contribution in [0.4, 0.5) is 10.5 Å².